The summed E-state index contributed by atoms with van der Waals surface area (Å²) < 4.78 is 2.34. The maximum atomic E-state index is 3.65. The van der Waals surface area contributed by atoms with Crippen LogP contribution in [0.3, 0.4) is 0 Å². The molecule has 0 aliphatic carbocycles. The number of hydrogen-bond acceptors (Lipinski definition) is 1. The van der Waals surface area contributed by atoms with Crippen molar-refractivity contribution in [1.82, 2.24) is 9.88 Å². The van der Waals surface area contributed by atoms with Crippen LogP contribution in [0.25, 0.3) is 5.69 Å². The molecule has 0 aliphatic rings. The van der Waals surface area contributed by atoms with Gasteiger partial charge in [-0.3, -0.25) is 0 Å². The van der Waals surface area contributed by atoms with Gasteiger partial charge in [0.15, 0.2) is 0 Å². The fourth-order valence-corrected chi connectivity index (χ4v) is 2.88. The van der Waals surface area contributed by atoms with Crippen LogP contribution in [0.1, 0.15) is 50.1 Å². The Balaban J connectivity index is 2.09. The van der Waals surface area contributed by atoms with Gasteiger partial charge >= 0.3 is 0 Å². The predicted octanol–water partition coefficient (Wildman–Crippen LogP) is 4.76. The van der Waals surface area contributed by atoms with E-state index in [1.807, 2.05) is 0 Å². The van der Waals surface area contributed by atoms with E-state index in [0.29, 0.717) is 6.04 Å². The molecule has 1 aromatic carbocycles. The Morgan fingerprint density at radius 1 is 1.14 bits per heavy atom. The monoisotopic (exact) mass is 284 g/mol. The summed E-state index contributed by atoms with van der Waals surface area (Å²) in [5.41, 5.74) is 5.29. The summed E-state index contributed by atoms with van der Waals surface area (Å²) in [6.07, 6.45) is 3.83. The highest BCUT2D eigenvalue weighted by Crippen LogP contribution is 2.20. The lowest BCUT2D eigenvalue weighted by Crippen LogP contribution is -2.25. The summed E-state index contributed by atoms with van der Waals surface area (Å²) in [5, 5.41) is 3.65. The molecule has 21 heavy (non-hydrogen) atoms. The van der Waals surface area contributed by atoms with Gasteiger partial charge in [-0.2, -0.15) is 0 Å². The molecule has 2 rings (SSSR count). The first-order valence-corrected chi connectivity index (χ1v) is 8.10. The second-order valence-electron chi connectivity index (χ2n) is 5.99. The van der Waals surface area contributed by atoms with Crippen LogP contribution in [-0.4, -0.2) is 10.6 Å². The highest BCUT2D eigenvalue weighted by Gasteiger charge is 2.11. The SMILES string of the molecule is CCCCC(C)NCc1cc(C)n(-c2ccccc2)c1C. The Bertz CT molecular complexity index is 554. The average Bonchev–Trinajstić information content (AvgIpc) is 2.78. The largest absolute Gasteiger partial charge is 0.318 e. The average molecular weight is 284 g/mol. The summed E-state index contributed by atoms with van der Waals surface area (Å²) in [6, 6.07) is 13.5. The van der Waals surface area contributed by atoms with Crippen LogP contribution in [0.2, 0.25) is 0 Å². The molecule has 0 amide bonds. The molecule has 1 atom stereocenters. The van der Waals surface area contributed by atoms with Crippen molar-refractivity contribution in [1.29, 1.82) is 0 Å². The van der Waals surface area contributed by atoms with Gasteiger partial charge in [-0.15, -0.1) is 0 Å². The van der Waals surface area contributed by atoms with Gasteiger partial charge in [-0.1, -0.05) is 38.0 Å². The van der Waals surface area contributed by atoms with E-state index in [1.54, 1.807) is 0 Å². The molecule has 1 unspecified atom stereocenters. The van der Waals surface area contributed by atoms with Crippen LogP contribution in [0, 0.1) is 13.8 Å². The van der Waals surface area contributed by atoms with E-state index in [-0.39, 0.29) is 0 Å². The lowest BCUT2D eigenvalue weighted by atomic mass is 10.1. The van der Waals surface area contributed by atoms with E-state index < -0.39 is 0 Å². The Morgan fingerprint density at radius 3 is 2.52 bits per heavy atom. The first-order valence-electron chi connectivity index (χ1n) is 8.10. The second-order valence-corrected chi connectivity index (χ2v) is 5.99. The molecule has 0 saturated carbocycles. The van der Waals surface area contributed by atoms with Crippen molar-refractivity contribution in [2.24, 2.45) is 0 Å². The molecule has 0 saturated heterocycles. The summed E-state index contributed by atoms with van der Waals surface area (Å²) in [6.45, 7) is 9.89. The van der Waals surface area contributed by atoms with Gasteiger partial charge in [0.1, 0.15) is 0 Å². The lowest BCUT2D eigenvalue weighted by Gasteiger charge is -2.14. The molecular formula is C19H28N2. The van der Waals surface area contributed by atoms with E-state index in [1.165, 1.54) is 41.9 Å². The predicted molar refractivity (Wildman–Crippen MR) is 91.1 cm³/mol. The van der Waals surface area contributed by atoms with E-state index in [9.17, 15) is 0 Å². The molecule has 0 aliphatic heterocycles. The van der Waals surface area contributed by atoms with Crippen molar-refractivity contribution in [3.05, 3.63) is 53.3 Å². The van der Waals surface area contributed by atoms with E-state index >= 15 is 0 Å². The Kier molecular flexibility index (Phi) is 5.63. The van der Waals surface area contributed by atoms with Gasteiger partial charge in [0.2, 0.25) is 0 Å². The van der Waals surface area contributed by atoms with Crippen LogP contribution >= 0.6 is 0 Å². The zero-order chi connectivity index (χ0) is 15.2. The minimum atomic E-state index is 0.588. The number of hydrogen-bond donors (Lipinski definition) is 1. The van der Waals surface area contributed by atoms with Gasteiger partial charge < -0.3 is 9.88 Å². The molecule has 114 valence electrons. The fourth-order valence-electron chi connectivity index (χ4n) is 2.88. The molecule has 1 heterocycles. The van der Waals surface area contributed by atoms with Crippen LogP contribution in [0.4, 0.5) is 0 Å². The van der Waals surface area contributed by atoms with Crippen molar-refractivity contribution in [3.63, 3.8) is 0 Å². The van der Waals surface area contributed by atoms with Crippen molar-refractivity contribution >= 4 is 0 Å². The number of nitrogens with one attached hydrogen (secondary N) is 1. The van der Waals surface area contributed by atoms with Gasteiger partial charge in [-0.05, 0) is 51.0 Å². The topological polar surface area (TPSA) is 17.0 Å². The zero-order valence-corrected chi connectivity index (χ0v) is 13.8. The van der Waals surface area contributed by atoms with Gasteiger partial charge in [-0.25, -0.2) is 0 Å². The summed E-state index contributed by atoms with van der Waals surface area (Å²) in [5.74, 6) is 0. The standard InChI is InChI=1S/C19H28N2/c1-5-6-10-15(2)20-14-18-13-16(3)21(17(18)4)19-11-8-7-9-12-19/h7-9,11-13,15,20H,5-6,10,14H2,1-4H3. The highest BCUT2D eigenvalue weighted by molar-refractivity contribution is 5.40. The van der Waals surface area contributed by atoms with Gasteiger partial charge in [0, 0.05) is 29.7 Å². The van der Waals surface area contributed by atoms with E-state index in [2.05, 4.69) is 74.0 Å². The van der Waals surface area contributed by atoms with Crippen molar-refractivity contribution < 1.29 is 0 Å². The second kappa shape index (κ2) is 7.46. The Hall–Kier alpha value is -1.54. The van der Waals surface area contributed by atoms with Crippen molar-refractivity contribution in [2.45, 2.75) is 59.5 Å². The lowest BCUT2D eigenvalue weighted by molar-refractivity contribution is 0.494. The number of benzene rings is 1. The van der Waals surface area contributed by atoms with E-state index in [0.717, 1.165) is 6.54 Å². The van der Waals surface area contributed by atoms with Crippen LogP contribution in [0.15, 0.2) is 36.4 Å². The molecule has 0 radical (unpaired) electrons. The molecule has 1 N–H and O–H groups in total. The third-order valence-electron chi connectivity index (χ3n) is 4.18. The number of para-hydroxylation sites is 1. The molecule has 2 heteroatoms. The smallest absolute Gasteiger partial charge is 0.0455 e. The molecule has 2 aromatic rings. The maximum absolute atomic E-state index is 3.65. The van der Waals surface area contributed by atoms with E-state index in [4.69, 9.17) is 0 Å². The summed E-state index contributed by atoms with van der Waals surface area (Å²) in [7, 11) is 0. The number of aromatic nitrogens is 1. The number of rotatable bonds is 7. The Morgan fingerprint density at radius 2 is 1.86 bits per heavy atom. The minimum Gasteiger partial charge on any atom is -0.318 e. The molecule has 0 spiro atoms. The third kappa shape index (κ3) is 3.98. The number of unbranched alkanes of at least 4 members (excludes halogenated alkanes) is 1. The van der Waals surface area contributed by atoms with Gasteiger partial charge in [0.25, 0.3) is 0 Å². The first kappa shape index (κ1) is 15.8. The normalized spacial score (nSPS) is 12.6. The summed E-state index contributed by atoms with van der Waals surface area (Å²) >= 11 is 0. The third-order valence-corrected chi connectivity index (χ3v) is 4.18. The van der Waals surface area contributed by atoms with Crippen LogP contribution < -0.4 is 5.32 Å². The molecule has 1 aromatic heterocycles. The quantitative estimate of drug-likeness (QED) is 0.775. The zero-order valence-electron chi connectivity index (χ0n) is 13.8. The van der Waals surface area contributed by atoms with Crippen LogP contribution in [0.5, 0.6) is 0 Å². The molecule has 0 bridgehead atoms. The molecular weight excluding hydrogens is 256 g/mol. The molecule has 2 nitrogen and oxygen atoms in total. The summed E-state index contributed by atoms with van der Waals surface area (Å²) in [4.78, 5) is 0. The molecule has 0 fully saturated rings. The first-order chi connectivity index (χ1) is 10.1. The number of aryl methyl sites for hydroxylation is 1. The van der Waals surface area contributed by atoms with Crippen molar-refractivity contribution in [2.75, 3.05) is 0 Å². The Labute approximate surface area is 129 Å². The van der Waals surface area contributed by atoms with Crippen molar-refractivity contribution in [3.8, 4) is 5.69 Å². The maximum Gasteiger partial charge on any atom is 0.0455 e. The highest BCUT2D eigenvalue weighted by atomic mass is 15.0. The fraction of sp³-hybridized carbons (Fsp3) is 0.474. The minimum absolute atomic E-state index is 0.588. The van der Waals surface area contributed by atoms with Gasteiger partial charge in [0.05, 0.1) is 0 Å². The van der Waals surface area contributed by atoms with Crippen LogP contribution in [-0.2, 0) is 6.54 Å². The number of nitrogens with zero attached hydrogens (tertiary/aromatic N) is 1.